The maximum absolute atomic E-state index is 6.04. The minimum absolute atomic E-state index is 0.0878. The molecule has 0 spiro atoms. The molecule has 3 N–H and O–H groups in total. The second-order valence-electron chi connectivity index (χ2n) is 4.56. The average molecular weight is 326 g/mol. The van der Waals surface area contributed by atoms with Gasteiger partial charge in [0.2, 0.25) is 0 Å². The molecule has 0 aliphatic heterocycles. The SMILES string of the molecule is CCOc1cncc(C(Cc2ccc(Cl)c(Cl)c2)NN)c1. The Kier molecular flexibility index (Phi) is 5.82. The topological polar surface area (TPSA) is 60.2 Å². The zero-order chi connectivity index (χ0) is 15.2. The lowest BCUT2D eigenvalue weighted by Crippen LogP contribution is -2.29. The van der Waals surface area contributed by atoms with E-state index < -0.39 is 0 Å². The number of benzene rings is 1. The highest BCUT2D eigenvalue weighted by Crippen LogP contribution is 2.26. The molecular formula is C15H17Cl2N3O. The van der Waals surface area contributed by atoms with Gasteiger partial charge in [-0.05, 0) is 42.7 Å². The Balaban J connectivity index is 2.19. The Morgan fingerprint density at radius 3 is 2.71 bits per heavy atom. The molecule has 0 saturated heterocycles. The van der Waals surface area contributed by atoms with Crippen molar-refractivity contribution in [3.63, 3.8) is 0 Å². The van der Waals surface area contributed by atoms with Crippen molar-refractivity contribution in [1.29, 1.82) is 0 Å². The number of ether oxygens (including phenoxy) is 1. The molecule has 0 bridgehead atoms. The quantitative estimate of drug-likeness (QED) is 0.630. The van der Waals surface area contributed by atoms with Crippen molar-refractivity contribution in [2.75, 3.05) is 6.61 Å². The van der Waals surface area contributed by atoms with Gasteiger partial charge in [0.05, 0.1) is 28.9 Å². The van der Waals surface area contributed by atoms with Crippen LogP contribution in [0.5, 0.6) is 5.75 Å². The van der Waals surface area contributed by atoms with E-state index in [-0.39, 0.29) is 6.04 Å². The van der Waals surface area contributed by atoms with E-state index in [1.54, 1.807) is 18.5 Å². The predicted octanol–water partition coefficient (Wildman–Crippen LogP) is 3.53. The summed E-state index contributed by atoms with van der Waals surface area (Å²) in [5.74, 6) is 6.39. The van der Waals surface area contributed by atoms with Crippen LogP contribution in [0.4, 0.5) is 0 Å². The van der Waals surface area contributed by atoms with Crippen LogP contribution in [0.1, 0.15) is 24.1 Å². The van der Waals surface area contributed by atoms with Gasteiger partial charge in [-0.3, -0.25) is 16.3 Å². The molecule has 0 aliphatic carbocycles. The van der Waals surface area contributed by atoms with Crippen LogP contribution in [-0.4, -0.2) is 11.6 Å². The molecule has 0 fully saturated rings. The van der Waals surface area contributed by atoms with Crippen molar-refractivity contribution in [3.8, 4) is 5.75 Å². The van der Waals surface area contributed by atoms with Gasteiger partial charge in [0, 0.05) is 6.20 Å². The van der Waals surface area contributed by atoms with Crippen LogP contribution in [0.3, 0.4) is 0 Å². The van der Waals surface area contributed by atoms with Gasteiger partial charge >= 0.3 is 0 Å². The maximum Gasteiger partial charge on any atom is 0.137 e. The van der Waals surface area contributed by atoms with Crippen LogP contribution >= 0.6 is 23.2 Å². The highest BCUT2D eigenvalue weighted by atomic mass is 35.5. The second kappa shape index (κ2) is 7.61. The first kappa shape index (κ1) is 16.0. The highest BCUT2D eigenvalue weighted by Gasteiger charge is 2.13. The zero-order valence-corrected chi connectivity index (χ0v) is 13.2. The lowest BCUT2D eigenvalue weighted by molar-refractivity contribution is 0.338. The van der Waals surface area contributed by atoms with Gasteiger partial charge in [-0.15, -0.1) is 0 Å². The van der Waals surface area contributed by atoms with E-state index in [1.807, 2.05) is 25.1 Å². The molecule has 0 saturated carbocycles. The number of nitrogens with one attached hydrogen (secondary N) is 1. The molecule has 1 atom stereocenters. The molecule has 2 rings (SSSR count). The molecule has 1 heterocycles. The van der Waals surface area contributed by atoms with Gasteiger partial charge in [0.25, 0.3) is 0 Å². The van der Waals surface area contributed by atoms with E-state index in [9.17, 15) is 0 Å². The number of hydrogen-bond acceptors (Lipinski definition) is 4. The Bertz CT molecular complexity index is 607. The Hall–Kier alpha value is -1.33. The van der Waals surface area contributed by atoms with E-state index in [0.29, 0.717) is 23.1 Å². The smallest absolute Gasteiger partial charge is 0.137 e. The van der Waals surface area contributed by atoms with Gasteiger partial charge in [0.15, 0.2) is 0 Å². The zero-order valence-electron chi connectivity index (χ0n) is 11.6. The molecule has 0 radical (unpaired) electrons. The Morgan fingerprint density at radius 2 is 2.05 bits per heavy atom. The van der Waals surface area contributed by atoms with Gasteiger partial charge in [0.1, 0.15) is 5.75 Å². The molecule has 0 aliphatic rings. The van der Waals surface area contributed by atoms with Crippen molar-refractivity contribution in [2.45, 2.75) is 19.4 Å². The van der Waals surface area contributed by atoms with E-state index in [4.69, 9.17) is 33.8 Å². The van der Waals surface area contributed by atoms with Gasteiger partial charge in [-0.1, -0.05) is 29.3 Å². The fraction of sp³-hybridized carbons (Fsp3) is 0.267. The van der Waals surface area contributed by atoms with Crippen molar-refractivity contribution in [2.24, 2.45) is 5.84 Å². The van der Waals surface area contributed by atoms with Crippen LogP contribution < -0.4 is 16.0 Å². The van der Waals surface area contributed by atoms with Gasteiger partial charge in [-0.2, -0.15) is 0 Å². The minimum Gasteiger partial charge on any atom is -0.492 e. The molecule has 1 aromatic heterocycles. The molecule has 112 valence electrons. The summed E-state index contributed by atoms with van der Waals surface area (Å²) in [6.45, 7) is 2.53. The molecule has 6 heteroatoms. The molecule has 0 amide bonds. The van der Waals surface area contributed by atoms with E-state index in [2.05, 4.69) is 10.4 Å². The van der Waals surface area contributed by atoms with Crippen molar-refractivity contribution < 1.29 is 4.74 Å². The highest BCUT2D eigenvalue weighted by molar-refractivity contribution is 6.42. The first-order valence-corrected chi connectivity index (χ1v) is 7.37. The summed E-state index contributed by atoms with van der Waals surface area (Å²) in [5.41, 5.74) is 4.79. The molecular weight excluding hydrogens is 309 g/mol. The van der Waals surface area contributed by atoms with Crippen molar-refractivity contribution in [1.82, 2.24) is 10.4 Å². The van der Waals surface area contributed by atoms with Crippen LogP contribution in [0.2, 0.25) is 10.0 Å². The summed E-state index contributed by atoms with van der Waals surface area (Å²) in [5, 5.41) is 1.07. The number of pyridine rings is 1. The molecule has 1 unspecified atom stereocenters. The molecule has 1 aromatic carbocycles. The van der Waals surface area contributed by atoms with Gasteiger partial charge in [-0.25, -0.2) is 0 Å². The number of aromatic nitrogens is 1. The summed E-state index contributed by atoms with van der Waals surface area (Å²) in [7, 11) is 0. The minimum atomic E-state index is -0.0878. The number of hydrogen-bond donors (Lipinski definition) is 2. The van der Waals surface area contributed by atoms with E-state index in [1.165, 1.54) is 0 Å². The molecule has 21 heavy (non-hydrogen) atoms. The van der Waals surface area contributed by atoms with Gasteiger partial charge < -0.3 is 4.74 Å². The first-order chi connectivity index (χ1) is 10.1. The van der Waals surface area contributed by atoms with E-state index in [0.717, 1.165) is 16.9 Å². The summed E-state index contributed by atoms with van der Waals surface area (Å²) in [6, 6.07) is 7.39. The second-order valence-corrected chi connectivity index (χ2v) is 5.37. The number of halogens is 2. The lowest BCUT2D eigenvalue weighted by Gasteiger charge is -2.17. The number of rotatable bonds is 6. The average Bonchev–Trinajstić information content (AvgIpc) is 2.49. The predicted molar refractivity (Wildman–Crippen MR) is 85.6 cm³/mol. The monoisotopic (exact) mass is 325 g/mol. The molecule has 2 aromatic rings. The third-order valence-corrected chi connectivity index (χ3v) is 3.81. The van der Waals surface area contributed by atoms with Crippen LogP contribution in [0, 0.1) is 0 Å². The normalized spacial score (nSPS) is 12.2. The third-order valence-electron chi connectivity index (χ3n) is 3.07. The van der Waals surface area contributed by atoms with E-state index >= 15 is 0 Å². The largest absolute Gasteiger partial charge is 0.492 e. The third kappa shape index (κ3) is 4.32. The summed E-state index contributed by atoms with van der Waals surface area (Å²) >= 11 is 12.0. The van der Waals surface area contributed by atoms with Crippen molar-refractivity contribution >= 4 is 23.2 Å². The van der Waals surface area contributed by atoms with Crippen LogP contribution in [0.25, 0.3) is 0 Å². The number of hydrazine groups is 1. The Labute approximate surface area is 134 Å². The molecule has 4 nitrogen and oxygen atoms in total. The fourth-order valence-corrected chi connectivity index (χ4v) is 2.37. The lowest BCUT2D eigenvalue weighted by atomic mass is 10.0. The standard InChI is InChI=1S/C15H17Cl2N3O/c1-2-21-12-7-11(8-19-9-12)15(20-18)6-10-3-4-13(16)14(17)5-10/h3-5,7-9,15,20H,2,6,18H2,1H3. The van der Waals surface area contributed by atoms with Crippen LogP contribution in [-0.2, 0) is 6.42 Å². The summed E-state index contributed by atoms with van der Waals surface area (Å²) in [4.78, 5) is 4.18. The number of nitrogens with two attached hydrogens (primary N) is 1. The van der Waals surface area contributed by atoms with Crippen LogP contribution in [0.15, 0.2) is 36.7 Å². The van der Waals surface area contributed by atoms with Crippen molar-refractivity contribution in [3.05, 3.63) is 57.8 Å². The fourth-order valence-electron chi connectivity index (χ4n) is 2.05. The maximum atomic E-state index is 6.04. The first-order valence-electron chi connectivity index (χ1n) is 6.61. The number of nitrogens with zero attached hydrogens (tertiary/aromatic N) is 1. The summed E-state index contributed by atoms with van der Waals surface area (Å²) in [6.07, 6.45) is 4.12. The summed E-state index contributed by atoms with van der Waals surface area (Å²) < 4.78 is 5.46. The Morgan fingerprint density at radius 1 is 1.24 bits per heavy atom.